The lowest BCUT2D eigenvalue weighted by Gasteiger charge is -2.40. The summed E-state index contributed by atoms with van der Waals surface area (Å²) in [5, 5.41) is 28.9. The van der Waals surface area contributed by atoms with Gasteiger partial charge in [0.25, 0.3) is 0 Å². The molecule has 1 aromatic heterocycles. The molecule has 2 heterocycles. The van der Waals surface area contributed by atoms with Crippen molar-refractivity contribution in [1.82, 2.24) is 9.88 Å². The number of aromatic hydroxyl groups is 1. The molecule has 0 bridgehead atoms. The molecule has 1 amide bonds. The van der Waals surface area contributed by atoms with Crippen molar-refractivity contribution in [2.75, 3.05) is 32.2 Å². The number of nitrogens with zero attached hydrogens (tertiary/aromatic N) is 4. The number of carbonyl (C=O) groups is 2. The Kier molecular flexibility index (Phi) is 11.3. The third kappa shape index (κ3) is 8.61. The molecule has 1 saturated heterocycles. The van der Waals surface area contributed by atoms with Crippen LogP contribution < -0.4 is 14.4 Å². The maximum atomic E-state index is 15.0. The van der Waals surface area contributed by atoms with Crippen LogP contribution in [0.15, 0.2) is 72.9 Å². The van der Waals surface area contributed by atoms with Gasteiger partial charge in [0.05, 0.1) is 19.8 Å². The molecule has 0 unspecified atom stereocenters. The summed E-state index contributed by atoms with van der Waals surface area (Å²) in [6, 6.07) is 18.3. The quantitative estimate of drug-likeness (QED) is 0.158. The monoisotopic (exact) mass is 708 g/mol. The Morgan fingerprint density at radius 1 is 1.04 bits per heavy atom. The molecule has 1 fully saturated rings. The Bertz CT molecular complexity index is 2010. The van der Waals surface area contributed by atoms with Crippen molar-refractivity contribution in [1.29, 1.82) is 5.26 Å². The van der Waals surface area contributed by atoms with E-state index in [1.165, 1.54) is 38.5 Å². The van der Waals surface area contributed by atoms with Crippen LogP contribution in [0.5, 0.6) is 17.2 Å². The first kappa shape index (κ1) is 37.2. The van der Waals surface area contributed by atoms with Gasteiger partial charge in [0, 0.05) is 49.1 Å². The number of amides is 1. The molecule has 0 radical (unpaired) electrons. The SMILES string of the molecule is COc1ccc(-c2cnc(N3CCC(N(Cc4ccc(/C=C/C(=O)O)cc4)C(=O)OC(C)(C)C)CC3)c(OC)c2-c2ccc(C#N)c(F)c2)cc1O. The number of aromatic nitrogens is 1. The molecule has 1 aliphatic rings. The van der Waals surface area contributed by atoms with Gasteiger partial charge in [0.15, 0.2) is 23.1 Å². The second kappa shape index (κ2) is 15.9. The van der Waals surface area contributed by atoms with E-state index in [1.54, 1.807) is 41.4 Å². The lowest BCUT2D eigenvalue weighted by molar-refractivity contribution is -0.131. The van der Waals surface area contributed by atoms with Crippen molar-refractivity contribution < 1.29 is 38.4 Å². The van der Waals surface area contributed by atoms with Crippen LogP contribution in [0.2, 0.25) is 0 Å². The predicted octanol–water partition coefficient (Wildman–Crippen LogP) is 7.65. The van der Waals surface area contributed by atoms with E-state index >= 15 is 4.39 Å². The Labute approximate surface area is 302 Å². The number of phenols is 1. The smallest absolute Gasteiger partial charge is 0.410 e. The summed E-state index contributed by atoms with van der Waals surface area (Å²) < 4.78 is 32.1. The number of hydrogen-bond donors (Lipinski definition) is 2. The van der Waals surface area contributed by atoms with Gasteiger partial charge >= 0.3 is 12.1 Å². The van der Waals surface area contributed by atoms with Crippen molar-refractivity contribution >= 4 is 24.0 Å². The minimum atomic E-state index is -1.04. The topological polar surface area (TPSA) is 145 Å². The standard InChI is InChI=1S/C40H41FN4O7/c1-40(2,3)52-39(49)45(24-26-8-6-25(7-9-26)10-15-35(47)48)30-16-18-44(19-17-30)38-37(51-5)36(28-11-12-29(22-42)32(41)20-28)31(23-43-38)27-13-14-34(50-4)33(46)21-27/h6-15,20-21,23,30,46H,16-19,24H2,1-5H3,(H,47,48)/b15-10+. The van der Waals surface area contributed by atoms with E-state index in [9.17, 15) is 20.0 Å². The average molecular weight is 709 g/mol. The largest absolute Gasteiger partial charge is 0.504 e. The molecule has 52 heavy (non-hydrogen) atoms. The number of hydrogen-bond acceptors (Lipinski definition) is 9. The molecule has 0 saturated carbocycles. The summed E-state index contributed by atoms with van der Waals surface area (Å²) in [7, 11) is 2.97. The Balaban J connectivity index is 1.47. The van der Waals surface area contributed by atoms with Crippen molar-refractivity contribution in [3.63, 3.8) is 0 Å². The number of rotatable bonds is 10. The Morgan fingerprint density at radius 2 is 1.73 bits per heavy atom. The van der Waals surface area contributed by atoms with E-state index in [4.69, 9.17) is 24.3 Å². The third-order valence-corrected chi connectivity index (χ3v) is 8.67. The highest BCUT2D eigenvalue weighted by molar-refractivity contribution is 5.91. The first-order valence-electron chi connectivity index (χ1n) is 16.7. The second-order valence-electron chi connectivity index (χ2n) is 13.3. The molecule has 3 aromatic carbocycles. The number of carbonyl (C=O) groups excluding carboxylic acids is 1. The van der Waals surface area contributed by atoms with Crippen LogP contribution in [-0.4, -0.2) is 71.1 Å². The normalized spacial score (nSPS) is 13.4. The number of methoxy groups -OCH3 is 2. The van der Waals surface area contributed by atoms with Crippen molar-refractivity contribution in [3.8, 4) is 45.6 Å². The average Bonchev–Trinajstić information content (AvgIpc) is 3.12. The number of piperidine rings is 1. The number of carboxylic acid groups (broad SMARTS) is 1. The van der Waals surface area contributed by atoms with Gasteiger partial charge in [-0.2, -0.15) is 5.26 Å². The summed E-state index contributed by atoms with van der Waals surface area (Å²) in [6.07, 6.45) is 4.96. The maximum Gasteiger partial charge on any atom is 0.410 e. The molecule has 0 spiro atoms. The van der Waals surface area contributed by atoms with Gasteiger partial charge in [-0.1, -0.05) is 36.4 Å². The van der Waals surface area contributed by atoms with E-state index in [2.05, 4.69) is 4.90 Å². The van der Waals surface area contributed by atoms with Crippen LogP contribution >= 0.6 is 0 Å². The number of nitriles is 1. The fourth-order valence-corrected chi connectivity index (χ4v) is 6.18. The number of phenolic OH excluding ortho intramolecular Hbond substituents is 1. The summed E-state index contributed by atoms with van der Waals surface area (Å²) in [5.74, 6) is -0.597. The third-order valence-electron chi connectivity index (χ3n) is 8.67. The van der Waals surface area contributed by atoms with Crippen molar-refractivity contribution in [2.24, 2.45) is 0 Å². The molecule has 5 rings (SSSR count). The van der Waals surface area contributed by atoms with Gasteiger partial charge in [-0.15, -0.1) is 0 Å². The first-order chi connectivity index (χ1) is 24.8. The molecular formula is C40H41FN4O7. The van der Waals surface area contributed by atoms with E-state index < -0.39 is 23.5 Å². The first-order valence-corrected chi connectivity index (χ1v) is 16.7. The number of anilines is 1. The highest BCUT2D eigenvalue weighted by Crippen LogP contribution is 2.46. The van der Waals surface area contributed by atoms with Crippen LogP contribution in [0.3, 0.4) is 0 Å². The maximum absolute atomic E-state index is 15.0. The molecule has 12 heteroatoms. The molecule has 0 atom stereocenters. The summed E-state index contributed by atoms with van der Waals surface area (Å²) in [4.78, 5) is 33.1. The minimum absolute atomic E-state index is 0.0809. The van der Waals surface area contributed by atoms with Crippen molar-refractivity contribution in [3.05, 3.63) is 95.4 Å². The Morgan fingerprint density at radius 3 is 2.31 bits per heavy atom. The number of aliphatic carboxylic acids is 1. The fraction of sp³-hybridized carbons (Fsp3) is 0.300. The van der Waals surface area contributed by atoms with E-state index in [0.29, 0.717) is 72.0 Å². The molecule has 1 aliphatic heterocycles. The lowest BCUT2D eigenvalue weighted by atomic mass is 9.93. The molecule has 11 nitrogen and oxygen atoms in total. The van der Waals surface area contributed by atoms with E-state index in [0.717, 1.165) is 17.2 Å². The zero-order valence-corrected chi connectivity index (χ0v) is 29.7. The fourth-order valence-electron chi connectivity index (χ4n) is 6.18. The highest BCUT2D eigenvalue weighted by Gasteiger charge is 2.33. The van der Waals surface area contributed by atoms with Gasteiger partial charge < -0.3 is 34.2 Å². The van der Waals surface area contributed by atoms with Gasteiger partial charge in [0.1, 0.15) is 17.5 Å². The van der Waals surface area contributed by atoms with E-state index in [1.807, 2.05) is 39.0 Å². The van der Waals surface area contributed by atoms with Gasteiger partial charge in [0.2, 0.25) is 0 Å². The van der Waals surface area contributed by atoms with Crippen LogP contribution in [0, 0.1) is 17.1 Å². The molecular weight excluding hydrogens is 667 g/mol. The van der Waals surface area contributed by atoms with Gasteiger partial charge in [-0.3, -0.25) is 0 Å². The van der Waals surface area contributed by atoms with Crippen LogP contribution in [0.4, 0.5) is 15.0 Å². The zero-order valence-electron chi connectivity index (χ0n) is 29.7. The lowest BCUT2D eigenvalue weighted by Crippen LogP contribution is -2.48. The molecule has 270 valence electrons. The molecule has 2 N–H and O–H groups in total. The highest BCUT2D eigenvalue weighted by atomic mass is 19.1. The van der Waals surface area contributed by atoms with Crippen LogP contribution in [0.25, 0.3) is 28.3 Å². The molecule has 0 aliphatic carbocycles. The molecule has 4 aromatic rings. The van der Waals surface area contributed by atoms with E-state index in [-0.39, 0.29) is 17.4 Å². The van der Waals surface area contributed by atoms with Crippen LogP contribution in [0.1, 0.15) is 50.3 Å². The number of pyridine rings is 1. The van der Waals surface area contributed by atoms with Crippen molar-refractivity contribution in [2.45, 2.75) is 51.8 Å². The number of carboxylic acids is 1. The Hall–Kier alpha value is -6.09. The van der Waals surface area contributed by atoms with Gasteiger partial charge in [-0.05, 0) is 86.2 Å². The number of benzene rings is 3. The minimum Gasteiger partial charge on any atom is -0.504 e. The number of halogens is 1. The van der Waals surface area contributed by atoms with Gasteiger partial charge in [-0.25, -0.2) is 19.0 Å². The summed E-state index contributed by atoms with van der Waals surface area (Å²) in [6.45, 7) is 6.78. The van der Waals surface area contributed by atoms with Crippen LogP contribution in [-0.2, 0) is 16.1 Å². The zero-order chi connectivity index (χ0) is 37.6. The summed E-state index contributed by atoms with van der Waals surface area (Å²) >= 11 is 0. The number of ether oxygens (including phenoxy) is 3. The summed E-state index contributed by atoms with van der Waals surface area (Å²) in [5.41, 5.74) is 2.93. The second-order valence-corrected chi connectivity index (χ2v) is 13.3. The predicted molar refractivity (Wildman–Crippen MR) is 195 cm³/mol.